The molecule has 5 heteroatoms. The number of carbonyl (C=O) groups excluding carboxylic acids is 1. The van der Waals surface area contributed by atoms with Crippen LogP contribution in [-0.4, -0.2) is 41.4 Å². The van der Waals surface area contributed by atoms with Crippen molar-refractivity contribution < 1.29 is 9.21 Å². The number of furan rings is 1. The van der Waals surface area contributed by atoms with Gasteiger partial charge in [0, 0.05) is 42.5 Å². The number of nitrogens with zero attached hydrogens (tertiary/aromatic N) is 2. The van der Waals surface area contributed by atoms with Crippen LogP contribution in [0.1, 0.15) is 33.8 Å². The van der Waals surface area contributed by atoms with Gasteiger partial charge in [-0.15, -0.1) is 11.3 Å². The molecule has 0 radical (unpaired) electrons. The molecule has 1 aromatic carbocycles. The van der Waals surface area contributed by atoms with Crippen molar-refractivity contribution in [1.29, 1.82) is 0 Å². The number of benzene rings is 1. The van der Waals surface area contributed by atoms with E-state index < -0.39 is 0 Å². The number of rotatable bonds is 2. The number of carbonyl (C=O) groups is 1. The highest BCUT2D eigenvalue weighted by Gasteiger charge is 2.30. The summed E-state index contributed by atoms with van der Waals surface area (Å²) in [7, 11) is 0. The second kappa shape index (κ2) is 6.56. The second-order valence-electron chi connectivity index (χ2n) is 7.26. The maximum atomic E-state index is 12.8. The van der Waals surface area contributed by atoms with Gasteiger partial charge in [-0.25, -0.2) is 0 Å². The van der Waals surface area contributed by atoms with E-state index >= 15 is 0 Å². The number of para-hydroxylation sites is 1. The van der Waals surface area contributed by atoms with E-state index in [9.17, 15) is 4.79 Å². The summed E-state index contributed by atoms with van der Waals surface area (Å²) in [5, 5.41) is 3.20. The molecule has 0 atom stereocenters. The molecule has 0 bridgehead atoms. The molecule has 1 fully saturated rings. The fourth-order valence-corrected chi connectivity index (χ4v) is 5.15. The maximum Gasteiger partial charge on any atom is 0.289 e. The number of hydrogen-bond acceptors (Lipinski definition) is 4. The normalized spacial score (nSPS) is 19.0. The molecule has 2 aliphatic rings. The Morgan fingerprint density at radius 2 is 1.96 bits per heavy atom. The third-order valence-electron chi connectivity index (χ3n) is 5.74. The van der Waals surface area contributed by atoms with Crippen LogP contribution < -0.4 is 0 Å². The Kier molecular flexibility index (Phi) is 4.06. The predicted molar refractivity (Wildman–Crippen MR) is 104 cm³/mol. The van der Waals surface area contributed by atoms with E-state index in [1.807, 2.05) is 46.6 Å². The van der Waals surface area contributed by atoms with Gasteiger partial charge >= 0.3 is 0 Å². The molecule has 5 rings (SSSR count). The minimum absolute atomic E-state index is 0.0263. The number of fused-ring (bicyclic) bond motifs is 2. The van der Waals surface area contributed by atoms with E-state index in [0.717, 1.165) is 50.0 Å². The first-order valence-corrected chi connectivity index (χ1v) is 10.2. The van der Waals surface area contributed by atoms with Crippen LogP contribution in [0.5, 0.6) is 0 Å². The zero-order valence-electron chi connectivity index (χ0n) is 14.7. The van der Waals surface area contributed by atoms with Crippen molar-refractivity contribution in [3.63, 3.8) is 0 Å². The van der Waals surface area contributed by atoms with E-state index in [2.05, 4.69) is 16.3 Å². The molecule has 3 aromatic rings. The van der Waals surface area contributed by atoms with Gasteiger partial charge in [0.05, 0.1) is 0 Å². The maximum absolute atomic E-state index is 12.8. The molecule has 0 unspecified atom stereocenters. The number of amides is 1. The molecule has 2 aliphatic heterocycles. The van der Waals surface area contributed by atoms with Gasteiger partial charge in [0.1, 0.15) is 5.58 Å². The number of piperidine rings is 1. The minimum atomic E-state index is 0.0263. The number of hydrogen-bond donors (Lipinski definition) is 0. The summed E-state index contributed by atoms with van der Waals surface area (Å²) >= 11 is 1.89. The van der Waals surface area contributed by atoms with Crippen molar-refractivity contribution in [2.45, 2.75) is 31.8 Å². The number of thiophene rings is 1. The Labute approximate surface area is 157 Å². The van der Waals surface area contributed by atoms with Crippen molar-refractivity contribution in [1.82, 2.24) is 9.80 Å². The summed E-state index contributed by atoms with van der Waals surface area (Å²) in [5.74, 6) is 0.490. The summed E-state index contributed by atoms with van der Waals surface area (Å²) in [5.41, 5.74) is 2.28. The average molecular weight is 366 g/mol. The molecule has 0 aliphatic carbocycles. The third-order valence-corrected chi connectivity index (χ3v) is 6.76. The lowest BCUT2D eigenvalue weighted by Gasteiger charge is -2.40. The Morgan fingerprint density at radius 3 is 2.81 bits per heavy atom. The van der Waals surface area contributed by atoms with E-state index in [1.165, 1.54) is 12.0 Å². The highest BCUT2D eigenvalue weighted by molar-refractivity contribution is 7.10. The smallest absolute Gasteiger partial charge is 0.289 e. The highest BCUT2D eigenvalue weighted by Crippen LogP contribution is 2.28. The quantitative estimate of drug-likeness (QED) is 0.683. The lowest BCUT2D eigenvalue weighted by Crippen LogP contribution is -2.47. The van der Waals surface area contributed by atoms with Crippen LogP contribution in [0.25, 0.3) is 11.0 Å². The van der Waals surface area contributed by atoms with Crippen LogP contribution in [0.2, 0.25) is 0 Å². The monoisotopic (exact) mass is 366 g/mol. The van der Waals surface area contributed by atoms with Gasteiger partial charge in [-0.2, -0.15) is 0 Å². The molecular weight excluding hydrogens is 344 g/mol. The van der Waals surface area contributed by atoms with Crippen molar-refractivity contribution in [2.24, 2.45) is 0 Å². The predicted octanol–water partition coefficient (Wildman–Crippen LogP) is 4.16. The minimum Gasteiger partial charge on any atom is -0.451 e. The van der Waals surface area contributed by atoms with E-state index in [-0.39, 0.29) is 5.91 Å². The molecule has 2 aromatic heterocycles. The van der Waals surface area contributed by atoms with E-state index in [1.54, 1.807) is 4.88 Å². The zero-order chi connectivity index (χ0) is 17.5. The van der Waals surface area contributed by atoms with Gasteiger partial charge < -0.3 is 9.32 Å². The van der Waals surface area contributed by atoms with Crippen LogP contribution in [0.15, 0.2) is 46.2 Å². The van der Waals surface area contributed by atoms with Crippen LogP contribution in [0, 0.1) is 0 Å². The Hall–Kier alpha value is -2.11. The van der Waals surface area contributed by atoms with Gasteiger partial charge in [-0.3, -0.25) is 9.69 Å². The Balaban J connectivity index is 1.23. The summed E-state index contributed by atoms with van der Waals surface area (Å²) in [6, 6.07) is 12.5. The molecule has 0 spiro atoms. The van der Waals surface area contributed by atoms with Crippen molar-refractivity contribution >= 4 is 28.2 Å². The van der Waals surface area contributed by atoms with Crippen LogP contribution in [0.3, 0.4) is 0 Å². The first-order chi connectivity index (χ1) is 12.8. The average Bonchev–Trinajstić information content (AvgIpc) is 3.33. The van der Waals surface area contributed by atoms with Gasteiger partial charge in [0.15, 0.2) is 5.76 Å². The summed E-state index contributed by atoms with van der Waals surface area (Å²) in [6.45, 7) is 3.85. The van der Waals surface area contributed by atoms with Gasteiger partial charge in [0.2, 0.25) is 0 Å². The SMILES string of the molecule is O=C(c1cc2ccccc2o1)N1CCC(N2CCc3sccc3C2)CC1. The standard InChI is InChI=1S/C21H22N2O2S/c24-21(19-13-15-3-1-2-4-18(15)25-19)22-9-5-17(6-10-22)23-11-7-20-16(14-23)8-12-26-20/h1-4,8,12-13,17H,5-7,9-11,14H2. The zero-order valence-corrected chi connectivity index (χ0v) is 15.5. The molecule has 4 heterocycles. The van der Waals surface area contributed by atoms with E-state index in [0.29, 0.717) is 11.8 Å². The first-order valence-electron chi connectivity index (χ1n) is 9.35. The Morgan fingerprint density at radius 1 is 1.12 bits per heavy atom. The van der Waals surface area contributed by atoms with Crippen molar-refractivity contribution in [2.75, 3.05) is 19.6 Å². The molecule has 4 nitrogen and oxygen atoms in total. The fraction of sp³-hybridized carbons (Fsp3) is 0.381. The molecule has 26 heavy (non-hydrogen) atoms. The topological polar surface area (TPSA) is 36.7 Å². The number of likely N-dealkylation sites (tertiary alicyclic amines) is 1. The second-order valence-corrected chi connectivity index (χ2v) is 8.26. The molecular formula is C21H22N2O2S. The van der Waals surface area contributed by atoms with Crippen molar-refractivity contribution in [3.8, 4) is 0 Å². The largest absolute Gasteiger partial charge is 0.451 e. The van der Waals surface area contributed by atoms with Gasteiger partial charge in [-0.05, 0) is 48.4 Å². The van der Waals surface area contributed by atoms with Gasteiger partial charge in [-0.1, -0.05) is 18.2 Å². The molecule has 1 saturated heterocycles. The molecule has 0 N–H and O–H groups in total. The summed E-state index contributed by atoms with van der Waals surface area (Å²) in [4.78, 5) is 18.9. The highest BCUT2D eigenvalue weighted by atomic mass is 32.1. The lowest BCUT2D eigenvalue weighted by atomic mass is 9.99. The van der Waals surface area contributed by atoms with Crippen LogP contribution >= 0.6 is 11.3 Å². The molecule has 0 saturated carbocycles. The van der Waals surface area contributed by atoms with E-state index in [4.69, 9.17) is 4.42 Å². The Bertz CT molecular complexity index is 903. The molecule has 1 amide bonds. The van der Waals surface area contributed by atoms with Gasteiger partial charge in [0.25, 0.3) is 5.91 Å². The summed E-state index contributed by atoms with van der Waals surface area (Å²) in [6.07, 6.45) is 3.27. The van der Waals surface area contributed by atoms with Crippen LogP contribution in [0.4, 0.5) is 0 Å². The molecule has 134 valence electrons. The lowest BCUT2D eigenvalue weighted by molar-refractivity contribution is 0.0574. The summed E-state index contributed by atoms with van der Waals surface area (Å²) < 4.78 is 5.76. The van der Waals surface area contributed by atoms with Crippen molar-refractivity contribution in [3.05, 3.63) is 58.0 Å². The van der Waals surface area contributed by atoms with Crippen LogP contribution in [-0.2, 0) is 13.0 Å². The fourth-order valence-electron chi connectivity index (χ4n) is 4.26. The third kappa shape index (κ3) is 2.85. The first kappa shape index (κ1) is 16.1.